The van der Waals surface area contributed by atoms with Gasteiger partial charge in [-0.1, -0.05) is 19.3 Å². The maximum atomic E-state index is 13.2. The van der Waals surface area contributed by atoms with Crippen molar-refractivity contribution in [1.82, 2.24) is 15.2 Å². The molecule has 7 nitrogen and oxygen atoms in total. The van der Waals surface area contributed by atoms with E-state index in [0.29, 0.717) is 43.4 Å². The summed E-state index contributed by atoms with van der Waals surface area (Å²) in [6.45, 7) is 4.07. The molecule has 34 heavy (non-hydrogen) atoms. The highest BCUT2D eigenvalue weighted by molar-refractivity contribution is 5.95. The van der Waals surface area contributed by atoms with E-state index in [4.69, 9.17) is 9.47 Å². The van der Waals surface area contributed by atoms with Crippen LogP contribution in [0.25, 0.3) is 0 Å². The van der Waals surface area contributed by atoms with E-state index in [1.807, 2.05) is 24.0 Å². The number of carbonyl (C=O) groups is 2. The molecular formula is C27H35N3O4. The van der Waals surface area contributed by atoms with Gasteiger partial charge in [-0.15, -0.1) is 0 Å². The fourth-order valence-corrected chi connectivity index (χ4v) is 4.76. The zero-order valence-electron chi connectivity index (χ0n) is 20.0. The highest BCUT2D eigenvalue weighted by Gasteiger charge is 2.28. The van der Waals surface area contributed by atoms with E-state index in [2.05, 4.69) is 10.3 Å². The second kappa shape index (κ2) is 11.9. The normalized spacial score (nSPS) is 17.3. The van der Waals surface area contributed by atoms with Crippen LogP contribution in [0.4, 0.5) is 0 Å². The third kappa shape index (κ3) is 6.27. The number of carbonyl (C=O) groups excluding carboxylic acids is 2. The lowest BCUT2D eigenvalue weighted by molar-refractivity contribution is -0.126. The quantitative estimate of drug-likeness (QED) is 0.627. The van der Waals surface area contributed by atoms with Crippen LogP contribution in [0, 0.1) is 5.92 Å². The number of hydrogen-bond acceptors (Lipinski definition) is 5. The van der Waals surface area contributed by atoms with Crippen LogP contribution in [0.1, 0.15) is 67.8 Å². The van der Waals surface area contributed by atoms with Gasteiger partial charge in [-0.25, -0.2) is 0 Å². The first-order valence-electron chi connectivity index (χ1n) is 12.5. The molecule has 1 aromatic heterocycles. The van der Waals surface area contributed by atoms with E-state index in [9.17, 15) is 9.59 Å². The topological polar surface area (TPSA) is 80.8 Å². The first-order valence-corrected chi connectivity index (χ1v) is 12.5. The van der Waals surface area contributed by atoms with Gasteiger partial charge in [-0.05, 0) is 68.5 Å². The molecule has 1 saturated heterocycles. The molecule has 0 atom stereocenters. The summed E-state index contributed by atoms with van der Waals surface area (Å²) in [6, 6.07) is 9.32. The average Bonchev–Trinajstić information content (AvgIpc) is 2.89. The largest absolute Gasteiger partial charge is 0.490 e. The summed E-state index contributed by atoms with van der Waals surface area (Å²) >= 11 is 0. The van der Waals surface area contributed by atoms with E-state index in [-0.39, 0.29) is 23.8 Å². The number of amides is 2. The number of ether oxygens (including phenoxy) is 2. The van der Waals surface area contributed by atoms with Crippen molar-refractivity contribution in [3.05, 3.63) is 53.9 Å². The maximum Gasteiger partial charge on any atom is 0.253 e. The summed E-state index contributed by atoms with van der Waals surface area (Å²) in [5.74, 6) is 1.54. The molecule has 2 heterocycles. The zero-order valence-corrected chi connectivity index (χ0v) is 20.0. The number of pyridine rings is 1. The molecule has 1 saturated carbocycles. The third-order valence-corrected chi connectivity index (χ3v) is 6.74. The summed E-state index contributed by atoms with van der Waals surface area (Å²) in [6.07, 6.45) is 10.6. The number of benzene rings is 1. The number of aromatic nitrogens is 1. The molecular weight excluding hydrogens is 430 g/mol. The van der Waals surface area contributed by atoms with Gasteiger partial charge in [-0.3, -0.25) is 14.6 Å². The summed E-state index contributed by atoms with van der Waals surface area (Å²) in [5.41, 5.74) is 1.60. The lowest BCUT2D eigenvalue weighted by Gasteiger charge is -2.33. The number of piperidine rings is 1. The summed E-state index contributed by atoms with van der Waals surface area (Å²) in [4.78, 5) is 31.6. The Bertz CT molecular complexity index is 952. The molecule has 1 N–H and O–H groups in total. The van der Waals surface area contributed by atoms with Crippen LogP contribution in [-0.2, 0) is 11.4 Å². The van der Waals surface area contributed by atoms with Gasteiger partial charge in [0.05, 0.1) is 6.61 Å². The second-order valence-electron chi connectivity index (χ2n) is 9.15. The fourth-order valence-electron chi connectivity index (χ4n) is 4.76. The number of nitrogens with one attached hydrogen (secondary N) is 1. The Labute approximate surface area is 201 Å². The molecule has 0 spiro atoms. The van der Waals surface area contributed by atoms with Crippen molar-refractivity contribution in [2.45, 2.75) is 64.5 Å². The molecule has 0 radical (unpaired) electrons. The van der Waals surface area contributed by atoms with E-state index >= 15 is 0 Å². The Morgan fingerprint density at radius 3 is 2.41 bits per heavy atom. The minimum atomic E-state index is -0.0151. The van der Waals surface area contributed by atoms with Crippen molar-refractivity contribution in [2.24, 2.45) is 5.92 Å². The Balaban J connectivity index is 1.32. The lowest BCUT2D eigenvalue weighted by Crippen LogP contribution is -2.48. The first kappa shape index (κ1) is 24.0. The van der Waals surface area contributed by atoms with Gasteiger partial charge in [0.15, 0.2) is 11.5 Å². The van der Waals surface area contributed by atoms with Crippen molar-refractivity contribution in [1.29, 1.82) is 0 Å². The molecule has 4 rings (SSSR count). The summed E-state index contributed by atoms with van der Waals surface area (Å²) in [5, 5.41) is 3.23. The third-order valence-electron chi connectivity index (χ3n) is 6.74. The Kier molecular flexibility index (Phi) is 8.39. The van der Waals surface area contributed by atoms with Gasteiger partial charge in [0.25, 0.3) is 5.91 Å². The van der Waals surface area contributed by atoms with Crippen LogP contribution in [-0.4, -0.2) is 47.4 Å². The van der Waals surface area contributed by atoms with Gasteiger partial charge in [0, 0.05) is 43.0 Å². The minimum absolute atomic E-state index is 0.0151. The summed E-state index contributed by atoms with van der Waals surface area (Å²) < 4.78 is 11.7. The van der Waals surface area contributed by atoms with Crippen molar-refractivity contribution < 1.29 is 19.1 Å². The van der Waals surface area contributed by atoms with Crippen LogP contribution in [0.2, 0.25) is 0 Å². The van der Waals surface area contributed by atoms with Crippen LogP contribution in [0.3, 0.4) is 0 Å². The Morgan fingerprint density at radius 2 is 1.71 bits per heavy atom. The van der Waals surface area contributed by atoms with Crippen molar-refractivity contribution in [2.75, 3.05) is 19.7 Å². The minimum Gasteiger partial charge on any atom is -0.490 e. The zero-order chi connectivity index (χ0) is 23.8. The van der Waals surface area contributed by atoms with Crippen LogP contribution >= 0.6 is 0 Å². The molecule has 2 aliphatic rings. The first-order chi connectivity index (χ1) is 16.6. The van der Waals surface area contributed by atoms with E-state index < -0.39 is 0 Å². The van der Waals surface area contributed by atoms with Crippen molar-refractivity contribution in [3.8, 4) is 11.5 Å². The Morgan fingerprint density at radius 1 is 0.971 bits per heavy atom. The van der Waals surface area contributed by atoms with E-state index in [1.165, 1.54) is 6.42 Å². The van der Waals surface area contributed by atoms with E-state index in [1.54, 1.807) is 30.6 Å². The molecule has 1 aromatic carbocycles. The molecule has 2 aromatic rings. The number of nitrogens with zero attached hydrogens (tertiary/aromatic N) is 2. The van der Waals surface area contributed by atoms with Gasteiger partial charge < -0.3 is 19.7 Å². The number of rotatable bonds is 8. The van der Waals surface area contributed by atoms with E-state index in [0.717, 1.165) is 44.1 Å². The molecule has 2 amide bonds. The predicted molar refractivity (Wildman–Crippen MR) is 130 cm³/mol. The van der Waals surface area contributed by atoms with Gasteiger partial charge in [0.2, 0.25) is 5.91 Å². The maximum absolute atomic E-state index is 13.2. The second-order valence-corrected chi connectivity index (χ2v) is 9.15. The Hall–Kier alpha value is -3.09. The smallest absolute Gasteiger partial charge is 0.253 e. The van der Waals surface area contributed by atoms with Gasteiger partial charge in [0.1, 0.15) is 6.61 Å². The molecule has 1 aliphatic carbocycles. The monoisotopic (exact) mass is 465 g/mol. The SMILES string of the molecule is CCOc1cc(C(=O)N2CCC(NC(=O)C3CCCCC3)CC2)ccc1OCc1ccncc1. The van der Waals surface area contributed by atoms with Crippen LogP contribution in [0.15, 0.2) is 42.7 Å². The lowest BCUT2D eigenvalue weighted by atomic mass is 9.88. The molecule has 2 fully saturated rings. The molecule has 182 valence electrons. The van der Waals surface area contributed by atoms with Gasteiger partial charge in [-0.2, -0.15) is 0 Å². The fraction of sp³-hybridized carbons (Fsp3) is 0.519. The predicted octanol–water partition coefficient (Wildman–Crippen LogP) is 4.36. The van der Waals surface area contributed by atoms with Gasteiger partial charge >= 0.3 is 0 Å². The summed E-state index contributed by atoms with van der Waals surface area (Å²) in [7, 11) is 0. The molecule has 7 heteroatoms. The number of likely N-dealkylation sites (tertiary alicyclic amines) is 1. The molecule has 0 unspecified atom stereocenters. The highest BCUT2D eigenvalue weighted by atomic mass is 16.5. The molecule has 0 bridgehead atoms. The van der Waals surface area contributed by atoms with Crippen molar-refractivity contribution in [3.63, 3.8) is 0 Å². The average molecular weight is 466 g/mol. The standard InChI is InChI=1S/C27H35N3O4/c1-2-33-25-18-22(8-9-24(25)34-19-20-10-14-28-15-11-20)27(32)30-16-12-23(13-17-30)29-26(31)21-6-4-3-5-7-21/h8-11,14-15,18,21,23H,2-7,12-13,16-17,19H2,1H3,(H,29,31). The highest BCUT2D eigenvalue weighted by Crippen LogP contribution is 2.30. The van der Waals surface area contributed by atoms with Crippen molar-refractivity contribution >= 4 is 11.8 Å². The number of hydrogen-bond donors (Lipinski definition) is 1. The van der Waals surface area contributed by atoms with Crippen LogP contribution in [0.5, 0.6) is 11.5 Å². The van der Waals surface area contributed by atoms with Crippen LogP contribution < -0.4 is 14.8 Å². The molecule has 1 aliphatic heterocycles.